The van der Waals surface area contributed by atoms with Gasteiger partial charge in [-0.1, -0.05) is 0 Å². The van der Waals surface area contributed by atoms with E-state index in [9.17, 15) is 0 Å². The maximum absolute atomic E-state index is 5.43. The minimum Gasteiger partial charge on any atom is -0.493 e. The molecule has 33 heavy (non-hydrogen) atoms. The van der Waals surface area contributed by atoms with Crippen molar-refractivity contribution in [3.05, 3.63) is 35.7 Å². The molecule has 3 N–H and O–H groups in total. The lowest BCUT2D eigenvalue weighted by molar-refractivity contribution is 0.324. The van der Waals surface area contributed by atoms with Crippen LogP contribution < -0.4 is 30.2 Å². The summed E-state index contributed by atoms with van der Waals surface area (Å²) < 4.78 is 18.4. The van der Waals surface area contributed by atoms with Crippen molar-refractivity contribution in [2.75, 3.05) is 45.1 Å². The van der Waals surface area contributed by atoms with Crippen LogP contribution in [0, 0.1) is 13.8 Å². The molecule has 3 heterocycles. The number of rotatable bonds is 8. The number of benzene rings is 1. The van der Waals surface area contributed by atoms with Gasteiger partial charge in [0.2, 0.25) is 11.7 Å². The van der Waals surface area contributed by atoms with Gasteiger partial charge in [0.25, 0.3) is 0 Å². The number of methoxy groups -OCH3 is 3. The van der Waals surface area contributed by atoms with E-state index in [4.69, 9.17) is 19.3 Å². The zero-order valence-electron chi connectivity index (χ0n) is 19.7. The Bertz CT molecular complexity index is 1080. The highest BCUT2D eigenvalue weighted by Crippen LogP contribution is 2.40. The molecule has 0 aliphatic carbocycles. The van der Waals surface area contributed by atoms with Gasteiger partial charge in [-0.3, -0.25) is 0 Å². The average Bonchev–Trinajstić information content (AvgIpc) is 3.12. The fourth-order valence-electron chi connectivity index (χ4n) is 3.99. The quantitative estimate of drug-likeness (QED) is 0.470. The Kier molecular flexibility index (Phi) is 6.83. The van der Waals surface area contributed by atoms with Crippen molar-refractivity contribution in [1.82, 2.24) is 25.1 Å². The number of hydrogen-bond acceptors (Lipinski definition) is 9. The van der Waals surface area contributed by atoms with Crippen molar-refractivity contribution >= 4 is 23.3 Å². The molecule has 0 spiro atoms. The van der Waals surface area contributed by atoms with Gasteiger partial charge in [0, 0.05) is 29.6 Å². The molecule has 4 rings (SSSR count). The number of hydrogen-bond donors (Lipinski definition) is 3. The smallest absolute Gasteiger partial charge is 0.229 e. The van der Waals surface area contributed by atoms with Crippen LogP contribution in [0.5, 0.6) is 17.2 Å². The summed E-state index contributed by atoms with van der Waals surface area (Å²) in [5, 5.41) is 14.9. The third-order valence-corrected chi connectivity index (χ3v) is 5.86. The van der Waals surface area contributed by atoms with Gasteiger partial charge in [0.05, 0.1) is 33.1 Å². The molecular formula is C23H31N7O3. The zero-order chi connectivity index (χ0) is 23.4. The molecule has 176 valence electrons. The van der Waals surface area contributed by atoms with E-state index in [0.717, 1.165) is 43.0 Å². The highest BCUT2D eigenvalue weighted by molar-refractivity contribution is 5.66. The van der Waals surface area contributed by atoms with Gasteiger partial charge >= 0.3 is 0 Å². The summed E-state index contributed by atoms with van der Waals surface area (Å²) in [4.78, 5) is 9.02. The summed E-state index contributed by atoms with van der Waals surface area (Å²) in [6, 6.07) is 5.82. The van der Waals surface area contributed by atoms with Gasteiger partial charge in [-0.05, 0) is 45.8 Å². The standard InChI is InChI=1S/C23H31N7O3/c1-14-15(2)29-30(17-6-9-24-10-7-17)22(14)27-20-8-11-25-23(28-20)26-16-12-18(31-3)21(33-5)19(13-16)32-4/h8,11-13,17,24H,6-7,9-10H2,1-5H3,(H2,25,26,27,28). The number of nitrogens with one attached hydrogen (secondary N) is 3. The number of aromatic nitrogens is 4. The summed E-state index contributed by atoms with van der Waals surface area (Å²) in [7, 11) is 4.74. The number of anilines is 4. The molecule has 2 aromatic heterocycles. The lowest BCUT2D eigenvalue weighted by atomic mass is 10.1. The van der Waals surface area contributed by atoms with E-state index in [0.29, 0.717) is 40.7 Å². The van der Waals surface area contributed by atoms with Crippen LogP contribution in [0.3, 0.4) is 0 Å². The summed E-state index contributed by atoms with van der Waals surface area (Å²) in [6.07, 6.45) is 3.81. The van der Waals surface area contributed by atoms with Crippen LogP contribution in [0.2, 0.25) is 0 Å². The Balaban J connectivity index is 1.59. The Labute approximate surface area is 193 Å². The summed E-state index contributed by atoms with van der Waals surface area (Å²) >= 11 is 0. The normalized spacial score (nSPS) is 14.1. The molecular weight excluding hydrogens is 422 g/mol. The van der Waals surface area contributed by atoms with Crippen LogP contribution in [-0.4, -0.2) is 54.2 Å². The van der Waals surface area contributed by atoms with E-state index in [2.05, 4.69) is 37.5 Å². The maximum Gasteiger partial charge on any atom is 0.229 e. The predicted octanol–water partition coefficient (Wildman–Crippen LogP) is 3.73. The van der Waals surface area contributed by atoms with Crippen LogP contribution >= 0.6 is 0 Å². The highest BCUT2D eigenvalue weighted by atomic mass is 16.5. The van der Waals surface area contributed by atoms with Crippen molar-refractivity contribution in [3.8, 4) is 17.2 Å². The first-order chi connectivity index (χ1) is 16.0. The molecule has 0 amide bonds. The Hall–Kier alpha value is -3.53. The molecule has 0 radical (unpaired) electrons. The van der Waals surface area contributed by atoms with Crippen molar-refractivity contribution in [2.24, 2.45) is 0 Å². The summed E-state index contributed by atoms with van der Waals surface area (Å²) in [5.41, 5.74) is 2.85. The van der Waals surface area contributed by atoms with Crippen LogP contribution in [-0.2, 0) is 0 Å². The molecule has 0 atom stereocenters. The van der Waals surface area contributed by atoms with Gasteiger partial charge in [0.1, 0.15) is 11.6 Å². The van der Waals surface area contributed by atoms with E-state index in [1.54, 1.807) is 27.5 Å². The van der Waals surface area contributed by atoms with Crippen molar-refractivity contribution in [2.45, 2.75) is 32.7 Å². The number of piperidine rings is 1. The molecule has 1 aromatic carbocycles. The Morgan fingerprint density at radius 3 is 2.33 bits per heavy atom. The molecule has 1 aliphatic rings. The molecule has 1 saturated heterocycles. The van der Waals surface area contributed by atoms with Crippen molar-refractivity contribution in [1.29, 1.82) is 0 Å². The zero-order valence-corrected chi connectivity index (χ0v) is 19.7. The lowest BCUT2D eigenvalue weighted by Crippen LogP contribution is -2.30. The molecule has 0 bridgehead atoms. The maximum atomic E-state index is 5.43. The molecule has 0 unspecified atom stereocenters. The minimum atomic E-state index is 0.361. The third-order valence-electron chi connectivity index (χ3n) is 5.86. The third kappa shape index (κ3) is 4.80. The molecule has 0 saturated carbocycles. The van der Waals surface area contributed by atoms with Crippen LogP contribution in [0.15, 0.2) is 24.4 Å². The van der Waals surface area contributed by atoms with Crippen molar-refractivity contribution in [3.63, 3.8) is 0 Å². The molecule has 3 aromatic rings. The SMILES string of the molecule is COc1cc(Nc2nccc(Nc3c(C)c(C)nn3C3CCNCC3)n2)cc(OC)c1OC. The Morgan fingerprint density at radius 1 is 1.00 bits per heavy atom. The predicted molar refractivity (Wildman–Crippen MR) is 128 cm³/mol. The van der Waals surface area contributed by atoms with E-state index < -0.39 is 0 Å². The van der Waals surface area contributed by atoms with Gasteiger partial charge in [-0.15, -0.1) is 0 Å². The van der Waals surface area contributed by atoms with E-state index in [-0.39, 0.29) is 0 Å². The minimum absolute atomic E-state index is 0.361. The van der Waals surface area contributed by atoms with Gasteiger partial charge in [-0.2, -0.15) is 10.1 Å². The molecule has 10 heteroatoms. The average molecular weight is 454 g/mol. The number of ether oxygens (including phenoxy) is 3. The first kappa shape index (κ1) is 22.7. The fourth-order valence-corrected chi connectivity index (χ4v) is 3.99. The van der Waals surface area contributed by atoms with Crippen LogP contribution in [0.4, 0.5) is 23.3 Å². The monoisotopic (exact) mass is 453 g/mol. The van der Waals surface area contributed by atoms with E-state index in [1.165, 1.54) is 0 Å². The molecule has 10 nitrogen and oxygen atoms in total. The largest absolute Gasteiger partial charge is 0.493 e. The first-order valence-electron chi connectivity index (χ1n) is 11.0. The fraction of sp³-hybridized carbons (Fsp3) is 0.435. The van der Waals surface area contributed by atoms with Gasteiger partial charge in [0.15, 0.2) is 11.5 Å². The van der Waals surface area contributed by atoms with Crippen LogP contribution in [0.1, 0.15) is 30.1 Å². The second-order valence-corrected chi connectivity index (χ2v) is 7.91. The van der Waals surface area contributed by atoms with Gasteiger partial charge < -0.3 is 30.2 Å². The number of nitrogens with zero attached hydrogens (tertiary/aromatic N) is 4. The second-order valence-electron chi connectivity index (χ2n) is 7.91. The van der Waals surface area contributed by atoms with Gasteiger partial charge in [-0.25, -0.2) is 9.67 Å². The molecule has 1 aliphatic heterocycles. The lowest BCUT2D eigenvalue weighted by Gasteiger charge is -2.25. The second kappa shape index (κ2) is 9.95. The Morgan fingerprint density at radius 2 is 1.70 bits per heavy atom. The van der Waals surface area contributed by atoms with E-state index >= 15 is 0 Å². The first-order valence-corrected chi connectivity index (χ1v) is 11.0. The van der Waals surface area contributed by atoms with E-state index in [1.807, 2.05) is 25.1 Å². The number of aryl methyl sites for hydroxylation is 1. The molecule has 1 fully saturated rings. The summed E-state index contributed by atoms with van der Waals surface area (Å²) in [5.74, 6) is 3.71. The van der Waals surface area contributed by atoms with Crippen molar-refractivity contribution < 1.29 is 14.2 Å². The summed E-state index contributed by atoms with van der Waals surface area (Å²) in [6.45, 7) is 6.12. The topological polar surface area (TPSA) is 107 Å². The van der Waals surface area contributed by atoms with Crippen LogP contribution in [0.25, 0.3) is 0 Å². The highest BCUT2D eigenvalue weighted by Gasteiger charge is 2.22.